The summed E-state index contributed by atoms with van der Waals surface area (Å²) in [6.45, 7) is 13.8. The number of piperazine rings is 1. The number of nitro groups is 1. The van der Waals surface area contributed by atoms with Crippen molar-refractivity contribution in [2.45, 2.75) is 120 Å². The highest BCUT2D eigenvalue weighted by Crippen LogP contribution is 2.55. The normalized spacial score (nSPS) is 24.5. The Morgan fingerprint density at radius 1 is 0.894 bits per heavy atom. The number of aromatic nitrogens is 2. The number of H-pyrrole nitrogens is 1. The second kappa shape index (κ2) is 22.5. The molecule has 5 atom stereocenters. The van der Waals surface area contributed by atoms with Gasteiger partial charge in [0.25, 0.3) is 21.6 Å². The summed E-state index contributed by atoms with van der Waals surface area (Å²) in [6, 6.07) is 24.5. The Morgan fingerprint density at radius 2 is 1.71 bits per heavy atom. The molecule has 85 heavy (non-hydrogen) atoms. The Balaban J connectivity index is 0.740. The first-order valence-corrected chi connectivity index (χ1v) is 31.9. The van der Waals surface area contributed by atoms with Crippen LogP contribution in [0.3, 0.4) is 0 Å². The second-order valence-corrected chi connectivity index (χ2v) is 26.8. The van der Waals surface area contributed by atoms with Crippen molar-refractivity contribution < 1.29 is 46.6 Å². The summed E-state index contributed by atoms with van der Waals surface area (Å²) in [6.07, 6.45) is 7.58. The van der Waals surface area contributed by atoms with Crippen molar-refractivity contribution in [1.82, 2.24) is 24.5 Å². The average Bonchev–Trinajstić information content (AvgIpc) is 1.90. The first kappa shape index (κ1) is 56.1. The van der Waals surface area contributed by atoms with Gasteiger partial charge in [-0.3, -0.25) is 24.7 Å². The Labute approximate surface area is 499 Å². The van der Waals surface area contributed by atoms with E-state index in [-0.39, 0.29) is 71.8 Å². The molecule has 0 radical (unpaired) electrons. The largest absolute Gasteiger partial charge is 0.491 e. The number of hydrogen-bond acceptors (Lipinski definition) is 17. The number of para-hydroxylation sites is 1. The number of fused-ring (bicyclic) bond motifs is 5. The van der Waals surface area contributed by atoms with E-state index in [2.05, 4.69) is 85.7 Å². The van der Waals surface area contributed by atoms with Gasteiger partial charge in [0.1, 0.15) is 29.8 Å². The van der Waals surface area contributed by atoms with Crippen LogP contribution in [0.1, 0.15) is 103 Å². The molecule has 22 heteroatoms. The number of nitrogens with zero attached hydrogens (tertiary/aromatic N) is 6. The summed E-state index contributed by atoms with van der Waals surface area (Å²) >= 11 is 6.72. The molecule has 6 aromatic rings. The van der Waals surface area contributed by atoms with Crippen molar-refractivity contribution >= 4 is 67.0 Å². The standard InChI is InChI=1S/C63H72ClN9O11S/c1-37(2)83-56-7-5-4-6-45(56)54-32-70(55-35-81-33-48-38(3)24-41(64)26-47(48)55)19-20-71(54)43-30-63(31-43)14-17-69(18-15-63)42-8-9-46(51(27-42)72-50-13-23-80-36-58(50)84-62-53(72)25-40-10-16-65-60(40)67-62)61(74)68-85(77,78)44-28-52(73(75)76)59-57(29-44)82-34-49(66-59)39-11-21-79-22-12-39/h4-10,16,24-29,37,39,43,49-50,54-55,58,66H,11-15,17-23,30-36H2,1-3H3,(H,65,67)(H,68,74)/t49-,50-,54-,55+,58-/m0/s1. The number of anilines is 4. The van der Waals surface area contributed by atoms with Crippen molar-refractivity contribution in [2.24, 2.45) is 11.3 Å². The third-order valence-electron chi connectivity index (χ3n) is 19.3. The number of amides is 1. The van der Waals surface area contributed by atoms with Gasteiger partial charge in [-0.25, -0.2) is 13.1 Å². The van der Waals surface area contributed by atoms with Crippen LogP contribution in [0.2, 0.25) is 5.02 Å². The zero-order valence-corrected chi connectivity index (χ0v) is 49.7. The topological polar surface area (TPSA) is 215 Å². The van der Waals surface area contributed by atoms with E-state index in [1.165, 1.54) is 22.8 Å². The molecule has 9 heterocycles. The zero-order valence-electron chi connectivity index (χ0n) is 48.1. The first-order chi connectivity index (χ1) is 41.2. The zero-order chi connectivity index (χ0) is 58.3. The minimum Gasteiger partial charge on any atom is -0.491 e. The highest BCUT2D eigenvalue weighted by molar-refractivity contribution is 7.90. The number of rotatable bonds is 12. The molecule has 4 aromatic carbocycles. The summed E-state index contributed by atoms with van der Waals surface area (Å²) < 4.78 is 68.3. The van der Waals surface area contributed by atoms with Crippen LogP contribution in [0.5, 0.6) is 17.4 Å². The average molecular weight is 1200 g/mol. The molecule has 8 aliphatic rings. The molecule has 4 saturated heterocycles. The molecule has 0 bridgehead atoms. The maximum absolute atomic E-state index is 15.0. The van der Waals surface area contributed by atoms with Crippen LogP contribution >= 0.6 is 11.6 Å². The van der Waals surface area contributed by atoms with Crippen LogP contribution < -0.4 is 34.0 Å². The van der Waals surface area contributed by atoms with Crippen LogP contribution in [-0.4, -0.2) is 142 Å². The van der Waals surface area contributed by atoms with Gasteiger partial charge in [0.15, 0.2) is 11.4 Å². The number of benzene rings is 4. The lowest BCUT2D eigenvalue weighted by molar-refractivity contribution is -0.384. The quantitative estimate of drug-likeness (QED) is 0.0767. The highest BCUT2D eigenvalue weighted by atomic mass is 35.5. The summed E-state index contributed by atoms with van der Waals surface area (Å²) in [4.78, 5) is 44.4. The maximum Gasteiger partial charge on any atom is 0.297 e. The van der Waals surface area contributed by atoms with E-state index >= 15 is 0 Å². The minimum atomic E-state index is -4.72. The van der Waals surface area contributed by atoms with Gasteiger partial charge in [0.05, 0.1) is 71.2 Å². The number of carbonyl (C=O) groups is 1. The number of halogens is 1. The number of sulfonamides is 1. The van der Waals surface area contributed by atoms with Gasteiger partial charge < -0.3 is 48.5 Å². The van der Waals surface area contributed by atoms with Gasteiger partial charge >= 0.3 is 0 Å². The molecular formula is C63H72ClN9O11S. The molecule has 0 unspecified atom stereocenters. The van der Waals surface area contributed by atoms with Gasteiger partial charge in [-0.1, -0.05) is 29.8 Å². The van der Waals surface area contributed by atoms with E-state index in [1.807, 2.05) is 36.5 Å². The maximum atomic E-state index is 15.0. The third kappa shape index (κ3) is 10.6. The molecule has 7 aliphatic heterocycles. The van der Waals surface area contributed by atoms with Crippen molar-refractivity contribution in [2.75, 3.05) is 87.5 Å². The number of pyridine rings is 1. The van der Waals surface area contributed by atoms with Gasteiger partial charge in [0, 0.05) is 98.6 Å². The first-order valence-electron chi connectivity index (χ1n) is 30.1. The fourth-order valence-electron chi connectivity index (χ4n) is 14.9. The van der Waals surface area contributed by atoms with Crippen LogP contribution in [0.25, 0.3) is 11.0 Å². The molecule has 448 valence electrons. The van der Waals surface area contributed by atoms with E-state index in [0.717, 1.165) is 105 Å². The summed E-state index contributed by atoms with van der Waals surface area (Å²) in [7, 11) is -4.72. The molecule has 5 fully saturated rings. The number of nitrogens with one attached hydrogen (secondary N) is 3. The second-order valence-electron chi connectivity index (χ2n) is 24.7. The van der Waals surface area contributed by atoms with E-state index in [4.69, 9.17) is 45.0 Å². The van der Waals surface area contributed by atoms with Crippen molar-refractivity contribution in [3.63, 3.8) is 0 Å². The highest BCUT2D eigenvalue weighted by Gasteiger charge is 2.51. The van der Waals surface area contributed by atoms with Crippen LogP contribution in [-0.2, 0) is 30.8 Å². The number of nitro benzene ring substituents is 1. The van der Waals surface area contributed by atoms with Gasteiger partial charge in [-0.2, -0.15) is 4.98 Å². The molecule has 1 spiro atoms. The number of carbonyl (C=O) groups excluding carboxylic acids is 1. The fraction of sp³-hybridized carbons (Fsp3) is 0.492. The molecule has 3 N–H and O–H groups in total. The molecule has 14 rings (SSSR count). The molecule has 2 aromatic heterocycles. The summed E-state index contributed by atoms with van der Waals surface area (Å²) in [5.74, 6) is 0.559. The lowest BCUT2D eigenvalue weighted by Gasteiger charge is -2.59. The van der Waals surface area contributed by atoms with E-state index in [1.54, 1.807) is 6.07 Å². The number of aromatic amines is 1. The van der Waals surface area contributed by atoms with Crippen LogP contribution in [0.15, 0.2) is 90.0 Å². The number of hydrogen-bond donors (Lipinski definition) is 3. The Kier molecular flexibility index (Phi) is 14.9. The summed E-state index contributed by atoms with van der Waals surface area (Å²) in [5, 5.41) is 17.5. The van der Waals surface area contributed by atoms with Crippen molar-refractivity contribution in [3.05, 3.63) is 128 Å². The monoisotopic (exact) mass is 1200 g/mol. The molecular weight excluding hydrogens is 1130 g/mol. The van der Waals surface area contributed by atoms with Crippen molar-refractivity contribution in [1.29, 1.82) is 0 Å². The van der Waals surface area contributed by atoms with E-state index in [9.17, 15) is 23.3 Å². The predicted octanol–water partition coefficient (Wildman–Crippen LogP) is 10.0. The lowest BCUT2D eigenvalue weighted by Crippen LogP contribution is -2.60. The number of aryl methyl sites for hydroxylation is 1. The van der Waals surface area contributed by atoms with Gasteiger partial charge in [0.2, 0.25) is 5.88 Å². The predicted molar refractivity (Wildman–Crippen MR) is 321 cm³/mol. The van der Waals surface area contributed by atoms with Gasteiger partial charge in [-0.05, 0) is 142 Å². The lowest BCUT2D eigenvalue weighted by atomic mass is 9.59. The number of ether oxygens (including phenoxy) is 6. The van der Waals surface area contributed by atoms with E-state index < -0.39 is 37.5 Å². The Morgan fingerprint density at radius 3 is 2.52 bits per heavy atom. The smallest absolute Gasteiger partial charge is 0.297 e. The molecule has 1 saturated carbocycles. The Hall–Kier alpha value is -6.72. The number of piperidine rings is 1. The molecule has 1 aliphatic carbocycles. The molecule has 20 nitrogen and oxygen atoms in total. The third-order valence-corrected chi connectivity index (χ3v) is 20.9. The van der Waals surface area contributed by atoms with Crippen molar-refractivity contribution in [3.8, 4) is 17.4 Å². The fourth-order valence-corrected chi connectivity index (χ4v) is 16.2. The summed E-state index contributed by atoms with van der Waals surface area (Å²) in [5.41, 5.74) is 7.40. The molecule has 1 amide bonds. The van der Waals surface area contributed by atoms with E-state index in [0.29, 0.717) is 68.4 Å². The SMILES string of the molecule is Cc1cc(Cl)cc2c1COC[C@H]2N1CCN(C2CC3(CCN(c4ccc(C(=O)NS(=O)(=O)c5cc6c(c([N+](=O)[O-])c5)N[C@H](C5CCOCC5)CO6)c(N5c6cc7cc[nH]c7nc6O[C@H]6COCC[C@@H]65)c4)CC3)C2)[C@H](c2ccccc2OC(C)C)C1. The van der Waals surface area contributed by atoms with Crippen LogP contribution in [0, 0.1) is 28.4 Å². The minimum absolute atomic E-state index is 0.0224. The Bertz CT molecular complexity index is 3680. The van der Waals surface area contributed by atoms with Gasteiger partial charge in [-0.15, -0.1) is 0 Å². The van der Waals surface area contributed by atoms with Crippen LogP contribution in [0.4, 0.5) is 28.4 Å².